The molecule has 0 radical (unpaired) electrons. The van der Waals surface area contributed by atoms with Gasteiger partial charge in [-0.3, -0.25) is 14.6 Å². The van der Waals surface area contributed by atoms with E-state index in [0.717, 1.165) is 55.3 Å². The maximum absolute atomic E-state index is 12.7. The highest BCUT2D eigenvalue weighted by Crippen LogP contribution is 2.47. The number of fused-ring (bicyclic) bond motifs is 3. The molecule has 1 saturated heterocycles. The first-order valence-electron chi connectivity index (χ1n) is 15.2. The second-order valence-electron chi connectivity index (χ2n) is 12.8. The largest absolute Gasteiger partial charge is 0.474 e. The Balaban J connectivity index is 0.987. The third-order valence-electron chi connectivity index (χ3n) is 9.53. The van der Waals surface area contributed by atoms with Crippen molar-refractivity contribution in [3.63, 3.8) is 0 Å². The molecule has 7 rings (SSSR count). The van der Waals surface area contributed by atoms with Gasteiger partial charge in [-0.1, -0.05) is 6.42 Å². The van der Waals surface area contributed by atoms with Gasteiger partial charge in [0.25, 0.3) is 5.91 Å². The Morgan fingerprint density at radius 3 is 2.45 bits per heavy atom. The molecule has 3 fully saturated rings. The summed E-state index contributed by atoms with van der Waals surface area (Å²) in [6, 6.07) is 13.0. The topological polar surface area (TPSA) is 98.8 Å². The minimum Gasteiger partial charge on any atom is -0.474 e. The number of hydrogen-bond donors (Lipinski definition) is 2. The molecule has 3 unspecified atom stereocenters. The van der Waals surface area contributed by atoms with E-state index in [1.807, 2.05) is 19.1 Å². The van der Waals surface area contributed by atoms with Crippen molar-refractivity contribution in [1.82, 2.24) is 19.9 Å². The van der Waals surface area contributed by atoms with Gasteiger partial charge in [-0.15, -0.1) is 0 Å². The molecule has 2 aromatic heterocycles. The zero-order valence-corrected chi connectivity index (χ0v) is 24.9. The average molecular weight is 569 g/mol. The standard InChI is InChI=1S/C32H40N8O2/c1-20-19-33-31(37-28(20)35-27-12-11-26-29(36-27)38(4)30(41)32(2,3)42-26)34-23-7-9-24(10-8-23)39-13-15-40(16-14-39)25-18-21-5-6-22(25)17-21/h7-12,19,21-22,25H,5-6,13-18H2,1-4H3,(H2,33,34,35,36,37). The number of likely N-dealkylation sites (N-methyl/N-ethyl adjacent to an activating group) is 1. The van der Waals surface area contributed by atoms with Crippen LogP contribution in [0.15, 0.2) is 42.6 Å². The third-order valence-corrected chi connectivity index (χ3v) is 9.53. The molecule has 4 heterocycles. The Morgan fingerprint density at radius 2 is 1.74 bits per heavy atom. The number of pyridine rings is 1. The molecule has 2 bridgehead atoms. The number of nitrogens with zero attached hydrogens (tertiary/aromatic N) is 6. The predicted octanol–water partition coefficient (Wildman–Crippen LogP) is 5.11. The summed E-state index contributed by atoms with van der Waals surface area (Å²) in [4.78, 5) is 33.3. The van der Waals surface area contributed by atoms with Gasteiger partial charge < -0.3 is 20.3 Å². The zero-order chi connectivity index (χ0) is 29.0. The summed E-state index contributed by atoms with van der Waals surface area (Å²) >= 11 is 0. The smallest absolute Gasteiger partial charge is 0.271 e. The fourth-order valence-electron chi connectivity index (χ4n) is 7.25. The number of benzene rings is 1. The Hall–Kier alpha value is -3.92. The molecule has 1 amide bonds. The molecule has 4 aliphatic rings. The van der Waals surface area contributed by atoms with Crippen molar-refractivity contribution in [2.24, 2.45) is 11.8 Å². The van der Waals surface area contributed by atoms with Crippen LogP contribution in [0.3, 0.4) is 0 Å². The van der Waals surface area contributed by atoms with E-state index >= 15 is 0 Å². The number of ether oxygens (including phenoxy) is 1. The van der Waals surface area contributed by atoms with Gasteiger partial charge >= 0.3 is 0 Å². The molecule has 3 atom stereocenters. The van der Waals surface area contributed by atoms with Crippen molar-refractivity contribution in [3.05, 3.63) is 48.2 Å². The van der Waals surface area contributed by atoms with Crippen molar-refractivity contribution in [2.75, 3.05) is 53.7 Å². The van der Waals surface area contributed by atoms with Crippen LogP contribution >= 0.6 is 0 Å². The number of hydrogen-bond acceptors (Lipinski definition) is 9. The van der Waals surface area contributed by atoms with Gasteiger partial charge in [0.2, 0.25) is 5.95 Å². The number of aryl methyl sites for hydroxylation is 1. The lowest BCUT2D eigenvalue weighted by Crippen LogP contribution is -2.51. The van der Waals surface area contributed by atoms with E-state index in [1.165, 1.54) is 36.3 Å². The van der Waals surface area contributed by atoms with Crippen molar-refractivity contribution >= 4 is 40.7 Å². The quantitative estimate of drug-likeness (QED) is 0.420. The minimum atomic E-state index is -0.926. The van der Waals surface area contributed by atoms with E-state index in [2.05, 4.69) is 54.7 Å². The van der Waals surface area contributed by atoms with Crippen LogP contribution in [0.5, 0.6) is 5.75 Å². The first-order chi connectivity index (χ1) is 20.2. The number of nitrogens with one attached hydrogen (secondary N) is 2. The number of anilines is 6. The number of rotatable bonds is 6. The Morgan fingerprint density at radius 1 is 0.952 bits per heavy atom. The number of amides is 1. The van der Waals surface area contributed by atoms with Crippen LogP contribution in [0, 0.1) is 18.8 Å². The molecule has 10 heteroatoms. The number of aromatic nitrogens is 3. The zero-order valence-electron chi connectivity index (χ0n) is 24.9. The molecule has 2 N–H and O–H groups in total. The molecule has 0 spiro atoms. The van der Waals surface area contributed by atoms with Crippen LogP contribution in [0.25, 0.3) is 0 Å². The summed E-state index contributed by atoms with van der Waals surface area (Å²) < 4.78 is 5.88. The molecular formula is C32H40N8O2. The van der Waals surface area contributed by atoms with Gasteiger partial charge in [0.15, 0.2) is 17.2 Å². The summed E-state index contributed by atoms with van der Waals surface area (Å²) in [5.41, 5.74) is 2.14. The normalized spacial score (nSPS) is 24.9. The number of carbonyl (C=O) groups excluding carboxylic acids is 1. The van der Waals surface area contributed by atoms with E-state index in [9.17, 15) is 4.79 Å². The second kappa shape index (κ2) is 10.4. The molecule has 2 saturated carbocycles. The van der Waals surface area contributed by atoms with Crippen LogP contribution in [0.4, 0.5) is 34.8 Å². The van der Waals surface area contributed by atoms with Crippen LogP contribution in [0.1, 0.15) is 45.1 Å². The van der Waals surface area contributed by atoms with Crippen LogP contribution in [-0.4, -0.2) is 70.6 Å². The lowest BCUT2D eigenvalue weighted by Gasteiger charge is -2.41. The van der Waals surface area contributed by atoms with Gasteiger partial charge in [-0.05, 0) is 88.3 Å². The van der Waals surface area contributed by atoms with Gasteiger partial charge in [0.1, 0.15) is 11.6 Å². The van der Waals surface area contributed by atoms with E-state index in [0.29, 0.717) is 29.2 Å². The minimum absolute atomic E-state index is 0.145. The Kier molecular flexibility index (Phi) is 6.68. The van der Waals surface area contributed by atoms with Gasteiger partial charge in [0, 0.05) is 62.4 Å². The highest BCUT2D eigenvalue weighted by Gasteiger charge is 2.43. The number of piperazine rings is 1. The fourth-order valence-corrected chi connectivity index (χ4v) is 7.25. The maximum atomic E-state index is 12.7. The lowest BCUT2D eigenvalue weighted by atomic mass is 9.93. The summed E-state index contributed by atoms with van der Waals surface area (Å²) in [6.07, 6.45) is 7.60. The Labute approximate surface area is 247 Å². The SMILES string of the molecule is Cc1cnc(Nc2ccc(N3CCN(C4CC5CCC4C5)CC3)cc2)nc1Nc1ccc2c(n1)N(C)C(=O)C(C)(C)O2. The van der Waals surface area contributed by atoms with E-state index < -0.39 is 5.60 Å². The van der Waals surface area contributed by atoms with Gasteiger partial charge in [-0.2, -0.15) is 4.98 Å². The first-order valence-corrected chi connectivity index (χ1v) is 15.2. The molecule has 3 aromatic rings. The summed E-state index contributed by atoms with van der Waals surface area (Å²) in [5.74, 6) is 4.54. The van der Waals surface area contributed by atoms with Crippen molar-refractivity contribution in [2.45, 2.75) is 58.1 Å². The second-order valence-corrected chi connectivity index (χ2v) is 12.8. The summed E-state index contributed by atoms with van der Waals surface area (Å²) in [5, 5.41) is 6.62. The highest BCUT2D eigenvalue weighted by molar-refractivity contribution is 6.01. The van der Waals surface area contributed by atoms with Crippen molar-refractivity contribution in [3.8, 4) is 5.75 Å². The molecular weight excluding hydrogens is 528 g/mol. The fraction of sp³-hybridized carbons (Fsp3) is 0.500. The first kappa shape index (κ1) is 26.9. The maximum Gasteiger partial charge on any atom is 0.271 e. The molecule has 1 aromatic carbocycles. The monoisotopic (exact) mass is 568 g/mol. The summed E-state index contributed by atoms with van der Waals surface area (Å²) in [6.45, 7) is 9.96. The molecule has 42 heavy (non-hydrogen) atoms. The van der Waals surface area contributed by atoms with Gasteiger partial charge in [-0.25, -0.2) is 9.97 Å². The molecule has 2 aliphatic heterocycles. The van der Waals surface area contributed by atoms with Crippen LogP contribution < -0.4 is 25.2 Å². The van der Waals surface area contributed by atoms with Crippen LogP contribution in [0.2, 0.25) is 0 Å². The molecule has 10 nitrogen and oxygen atoms in total. The lowest BCUT2D eigenvalue weighted by molar-refractivity contribution is -0.132. The average Bonchev–Trinajstić information content (AvgIpc) is 3.63. The van der Waals surface area contributed by atoms with Crippen LogP contribution in [-0.2, 0) is 4.79 Å². The van der Waals surface area contributed by atoms with E-state index in [-0.39, 0.29) is 5.91 Å². The van der Waals surface area contributed by atoms with Gasteiger partial charge in [0.05, 0.1) is 0 Å². The van der Waals surface area contributed by atoms with E-state index in [4.69, 9.17) is 9.72 Å². The van der Waals surface area contributed by atoms with Crippen molar-refractivity contribution < 1.29 is 9.53 Å². The highest BCUT2D eigenvalue weighted by atomic mass is 16.5. The Bertz CT molecular complexity index is 1480. The predicted molar refractivity (Wildman–Crippen MR) is 165 cm³/mol. The summed E-state index contributed by atoms with van der Waals surface area (Å²) in [7, 11) is 1.71. The molecule has 2 aliphatic carbocycles. The molecule has 220 valence electrons. The van der Waals surface area contributed by atoms with Crippen molar-refractivity contribution in [1.29, 1.82) is 0 Å². The van der Waals surface area contributed by atoms with E-state index in [1.54, 1.807) is 27.1 Å². The number of carbonyl (C=O) groups is 1. The third kappa shape index (κ3) is 5.02.